The number of thiophene rings is 1. The van der Waals surface area contributed by atoms with Gasteiger partial charge < -0.3 is 0 Å². The zero-order chi connectivity index (χ0) is 29.7. The van der Waals surface area contributed by atoms with Crippen LogP contribution in [-0.4, -0.2) is 15.0 Å². The summed E-state index contributed by atoms with van der Waals surface area (Å²) in [4.78, 5) is 15.1. The van der Waals surface area contributed by atoms with Crippen LogP contribution in [0.25, 0.3) is 86.9 Å². The molecule has 0 aliphatic carbocycles. The van der Waals surface area contributed by atoms with Crippen LogP contribution in [0.1, 0.15) is 0 Å². The van der Waals surface area contributed by atoms with E-state index >= 15 is 0 Å². The van der Waals surface area contributed by atoms with Gasteiger partial charge in [0.25, 0.3) is 0 Å². The quantitative estimate of drug-likeness (QED) is 0.191. The Morgan fingerprint density at radius 2 is 1.11 bits per heavy atom. The van der Waals surface area contributed by atoms with Crippen molar-refractivity contribution in [1.82, 2.24) is 15.0 Å². The van der Waals surface area contributed by atoms with Gasteiger partial charge in [0.05, 0.1) is 21.4 Å². The number of nitrogens with zero attached hydrogens (tertiary/aromatic N) is 3. The van der Waals surface area contributed by atoms with Crippen LogP contribution in [0.3, 0.4) is 0 Å². The molecule has 45 heavy (non-hydrogen) atoms. The Balaban J connectivity index is 1.10. The summed E-state index contributed by atoms with van der Waals surface area (Å²) in [5.74, 6) is 0.736. The fraction of sp³-hybridized carbons (Fsp3) is 0. The molecule has 0 bridgehead atoms. The molecule has 0 saturated carbocycles. The maximum atomic E-state index is 5.16. The van der Waals surface area contributed by atoms with E-state index in [0.29, 0.717) is 0 Å². The van der Waals surface area contributed by atoms with Gasteiger partial charge in [0, 0.05) is 38.2 Å². The fourth-order valence-electron chi connectivity index (χ4n) is 6.24. The average molecular weight is 592 g/mol. The van der Waals surface area contributed by atoms with Crippen molar-refractivity contribution in [3.8, 4) is 44.9 Å². The number of hydrogen-bond acceptors (Lipinski definition) is 4. The van der Waals surface area contributed by atoms with Crippen LogP contribution >= 0.6 is 11.3 Å². The van der Waals surface area contributed by atoms with Gasteiger partial charge >= 0.3 is 0 Å². The molecule has 6 aromatic carbocycles. The number of rotatable bonds is 4. The minimum Gasteiger partial charge on any atom is -0.256 e. The second-order valence-electron chi connectivity index (χ2n) is 11.3. The van der Waals surface area contributed by atoms with E-state index in [0.717, 1.165) is 66.0 Å². The van der Waals surface area contributed by atoms with Crippen molar-refractivity contribution < 1.29 is 0 Å². The van der Waals surface area contributed by atoms with Crippen molar-refractivity contribution >= 4 is 53.3 Å². The first kappa shape index (κ1) is 25.8. The molecule has 0 aliphatic rings. The zero-order valence-electron chi connectivity index (χ0n) is 24.2. The lowest BCUT2D eigenvalue weighted by Gasteiger charge is -2.10. The third-order valence-corrected chi connectivity index (χ3v) is 9.70. The van der Waals surface area contributed by atoms with Gasteiger partial charge in [-0.25, -0.2) is 9.97 Å². The van der Waals surface area contributed by atoms with Crippen molar-refractivity contribution in [2.75, 3.05) is 0 Å². The summed E-state index contributed by atoms with van der Waals surface area (Å²) in [7, 11) is 0. The number of benzene rings is 6. The third-order valence-electron chi connectivity index (χ3n) is 8.53. The van der Waals surface area contributed by atoms with Crippen LogP contribution < -0.4 is 0 Å². The van der Waals surface area contributed by atoms with Gasteiger partial charge in [-0.05, 0) is 45.8 Å². The minimum absolute atomic E-state index is 0.736. The van der Waals surface area contributed by atoms with Crippen LogP contribution in [-0.2, 0) is 0 Å². The smallest absolute Gasteiger partial charge is 0.160 e. The summed E-state index contributed by atoms with van der Waals surface area (Å²) in [6.07, 6.45) is 1.96. The first-order valence-electron chi connectivity index (χ1n) is 15.0. The monoisotopic (exact) mass is 591 g/mol. The maximum Gasteiger partial charge on any atom is 0.160 e. The molecule has 0 fully saturated rings. The molecule has 0 saturated heterocycles. The van der Waals surface area contributed by atoms with Crippen molar-refractivity contribution in [1.29, 1.82) is 0 Å². The molecule has 0 unspecified atom stereocenters. The predicted molar refractivity (Wildman–Crippen MR) is 189 cm³/mol. The second-order valence-corrected chi connectivity index (χ2v) is 12.3. The number of hydrogen-bond donors (Lipinski definition) is 0. The van der Waals surface area contributed by atoms with E-state index < -0.39 is 0 Å². The Morgan fingerprint density at radius 1 is 0.444 bits per heavy atom. The van der Waals surface area contributed by atoms with Gasteiger partial charge in [0.2, 0.25) is 0 Å². The van der Waals surface area contributed by atoms with E-state index in [1.807, 2.05) is 12.3 Å². The molecule has 3 heterocycles. The van der Waals surface area contributed by atoms with Gasteiger partial charge in [-0.3, -0.25) is 4.98 Å². The van der Waals surface area contributed by atoms with Crippen LogP contribution in [0.5, 0.6) is 0 Å². The molecule has 0 N–H and O–H groups in total. The fourth-order valence-corrected chi connectivity index (χ4v) is 7.40. The standard InChI is InChI=1S/C41H25N3S/c1-2-9-28(10-3-1)38-40-39(35-15-6-7-16-37(35)45-40)44-41(43-38)31-13-8-12-29(23-31)26-17-19-27(20-18-26)30-21-22-34-33-14-5-4-11-32(33)25-42-36(34)24-30/h1-25H. The Labute approximate surface area is 264 Å². The Morgan fingerprint density at radius 3 is 1.96 bits per heavy atom. The van der Waals surface area contributed by atoms with Crippen LogP contribution in [0.15, 0.2) is 152 Å². The molecular weight excluding hydrogens is 567 g/mol. The van der Waals surface area contributed by atoms with E-state index in [9.17, 15) is 0 Å². The highest BCUT2D eigenvalue weighted by molar-refractivity contribution is 7.26. The lowest BCUT2D eigenvalue weighted by molar-refractivity contribution is 1.24. The van der Waals surface area contributed by atoms with Crippen molar-refractivity contribution in [2.24, 2.45) is 0 Å². The molecular formula is C41H25N3S. The van der Waals surface area contributed by atoms with E-state index in [1.54, 1.807) is 11.3 Å². The molecule has 0 amide bonds. The summed E-state index contributed by atoms with van der Waals surface area (Å²) < 4.78 is 2.34. The van der Waals surface area contributed by atoms with Crippen molar-refractivity contribution in [3.05, 3.63) is 152 Å². The third kappa shape index (κ3) is 4.46. The molecule has 4 heteroatoms. The molecule has 3 aromatic heterocycles. The maximum absolute atomic E-state index is 5.16. The molecule has 0 atom stereocenters. The average Bonchev–Trinajstić information content (AvgIpc) is 3.50. The molecule has 0 spiro atoms. The second kappa shape index (κ2) is 10.5. The van der Waals surface area contributed by atoms with E-state index in [-0.39, 0.29) is 0 Å². The Bertz CT molecular complexity index is 2530. The number of pyridine rings is 1. The summed E-state index contributed by atoms with van der Waals surface area (Å²) >= 11 is 1.76. The highest BCUT2D eigenvalue weighted by atomic mass is 32.1. The summed E-state index contributed by atoms with van der Waals surface area (Å²) in [6, 6.07) is 51.2. The highest BCUT2D eigenvalue weighted by Gasteiger charge is 2.16. The van der Waals surface area contributed by atoms with Gasteiger partial charge in [-0.1, -0.05) is 127 Å². The van der Waals surface area contributed by atoms with Gasteiger partial charge in [0.1, 0.15) is 0 Å². The summed E-state index contributed by atoms with van der Waals surface area (Å²) in [5, 5.41) is 4.74. The molecule has 0 radical (unpaired) electrons. The van der Waals surface area contributed by atoms with Crippen LogP contribution in [0.2, 0.25) is 0 Å². The highest BCUT2D eigenvalue weighted by Crippen LogP contribution is 2.39. The zero-order valence-corrected chi connectivity index (χ0v) is 25.0. The largest absolute Gasteiger partial charge is 0.256 e. The normalized spacial score (nSPS) is 11.6. The molecule has 210 valence electrons. The first-order chi connectivity index (χ1) is 22.3. The van der Waals surface area contributed by atoms with Gasteiger partial charge in [-0.2, -0.15) is 0 Å². The summed E-state index contributed by atoms with van der Waals surface area (Å²) in [6.45, 7) is 0. The van der Waals surface area contributed by atoms with E-state index in [4.69, 9.17) is 15.0 Å². The summed E-state index contributed by atoms with van der Waals surface area (Å²) in [5.41, 5.74) is 9.69. The topological polar surface area (TPSA) is 38.7 Å². The Kier molecular flexibility index (Phi) is 6.00. The number of fused-ring (bicyclic) bond motifs is 6. The van der Waals surface area contributed by atoms with Crippen LogP contribution in [0, 0.1) is 0 Å². The van der Waals surface area contributed by atoms with Crippen molar-refractivity contribution in [3.63, 3.8) is 0 Å². The molecule has 9 aromatic rings. The molecule has 9 rings (SSSR count). The lowest BCUT2D eigenvalue weighted by Crippen LogP contribution is -1.94. The molecule has 0 aliphatic heterocycles. The minimum atomic E-state index is 0.736. The lowest BCUT2D eigenvalue weighted by atomic mass is 9.97. The van der Waals surface area contributed by atoms with Gasteiger partial charge in [0.15, 0.2) is 5.82 Å². The van der Waals surface area contributed by atoms with E-state index in [1.165, 1.54) is 20.9 Å². The SMILES string of the molecule is c1ccc(-c2nc(-c3cccc(-c4ccc(-c5ccc6c(c5)ncc5ccccc56)cc4)c3)nc3c2sc2ccccc23)cc1. The van der Waals surface area contributed by atoms with Crippen molar-refractivity contribution in [2.45, 2.75) is 0 Å². The Hall–Kier alpha value is -5.71. The first-order valence-corrected chi connectivity index (χ1v) is 15.8. The van der Waals surface area contributed by atoms with E-state index in [2.05, 4.69) is 140 Å². The van der Waals surface area contributed by atoms with Crippen LogP contribution in [0.4, 0.5) is 0 Å². The molecule has 3 nitrogen and oxygen atoms in total. The predicted octanol–water partition coefficient (Wildman–Crippen LogP) is 11.2. The van der Waals surface area contributed by atoms with Gasteiger partial charge in [-0.15, -0.1) is 11.3 Å². The number of aromatic nitrogens is 3.